The number of carbonyl (C=O) groups is 2. The van der Waals surface area contributed by atoms with Gasteiger partial charge in [-0.25, -0.2) is 4.98 Å². The van der Waals surface area contributed by atoms with E-state index in [-0.39, 0.29) is 12.5 Å². The molecule has 7 heteroatoms. The number of anilines is 1. The number of aromatic nitrogens is 1. The Morgan fingerprint density at radius 3 is 2.59 bits per heavy atom. The van der Waals surface area contributed by atoms with Crippen LogP contribution in [0.5, 0.6) is 0 Å². The van der Waals surface area contributed by atoms with E-state index in [2.05, 4.69) is 14.8 Å². The Morgan fingerprint density at radius 1 is 1.27 bits per heavy atom. The fraction of sp³-hybridized carbons (Fsp3) is 0.533. The molecule has 0 saturated carbocycles. The Labute approximate surface area is 130 Å². The molecule has 1 saturated heterocycles. The summed E-state index contributed by atoms with van der Waals surface area (Å²) in [5, 5.41) is 8.67. The van der Waals surface area contributed by atoms with Gasteiger partial charge < -0.3 is 14.9 Å². The fourth-order valence-electron chi connectivity index (χ4n) is 2.48. The number of carboxylic acids is 1. The van der Waals surface area contributed by atoms with Gasteiger partial charge in [0.15, 0.2) is 0 Å². The summed E-state index contributed by atoms with van der Waals surface area (Å²) in [6.07, 6.45) is 2.14. The van der Waals surface area contributed by atoms with Crippen molar-refractivity contribution in [2.45, 2.75) is 6.42 Å². The van der Waals surface area contributed by atoms with Crippen molar-refractivity contribution in [3.05, 3.63) is 24.4 Å². The minimum Gasteiger partial charge on any atom is -0.480 e. The SMILES string of the molecule is CN(CC(=O)O)C(=O)CCN1CCN(c2ccccn2)CC1. The first-order chi connectivity index (χ1) is 10.6. The van der Waals surface area contributed by atoms with Crippen molar-refractivity contribution in [3.8, 4) is 0 Å². The van der Waals surface area contributed by atoms with Gasteiger partial charge in [-0.1, -0.05) is 6.07 Å². The number of likely N-dealkylation sites (N-methyl/N-ethyl adjacent to an activating group) is 1. The van der Waals surface area contributed by atoms with E-state index in [1.807, 2.05) is 18.2 Å². The lowest BCUT2D eigenvalue weighted by Gasteiger charge is -2.35. The van der Waals surface area contributed by atoms with Crippen LogP contribution in [0.1, 0.15) is 6.42 Å². The Morgan fingerprint density at radius 2 is 2.00 bits per heavy atom. The van der Waals surface area contributed by atoms with E-state index in [1.165, 1.54) is 11.9 Å². The Hall–Kier alpha value is -2.15. The normalized spacial score (nSPS) is 15.6. The molecule has 120 valence electrons. The predicted octanol–water partition coefficient (Wildman–Crippen LogP) is 0.137. The van der Waals surface area contributed by atoms with Gasteiger partial charge in [-0.2, -0.15) is 0 Å². The minimum atomic E-state index is -0.986. The molecule has 0 aliphatic carbocycles. The molecular formula is C15H22N4O3. The molecule has 1 N–H and O–H groups in total. The number of hydrogen-bond donors (Lipinski definition) is 1. The average molecular weight is 306 g/mol. The minimum absolute atomic E-state index is 0.130. The van der Waals surface area contributed by atoms with E-state index >= 15 is 0 Å². The lowest BCUT2D eigenvalue weighted by atomic mass is 10.2. The first-order valence-corrected chi connectivity index (χ1v) is 7.40. The molecule has 22 heavy (non-hydrogen) atoms. The largest absolute Gasteiger partial charge is 0.480 e. The van der Waals surface area contributed by atoms with Gasteiger partial charge in [-0.3, -0.25) is 14.5 Å². The van der Waals surface area contributed by atoms with E-state index in [4.69, 9.17) is 5.11 Å². The zero-order valence-corrected chi connectivity index (χ0v) is 12.8. The molecular weight excluding hydrogens is 284 g/mol. The maximum Gasteiger partial charge on any atom is 0.323 e. The number of piperazine rings is 1. The van der Waals surface area contributed by atoms with Crippen molar-refractivity contribution in [2.75, 3.05) is 51.2 Å². The Kier molecular flexibility index (Phi) is 5.71. The van der Waals surface area contributed by atoms with Crippen molar-refractivity contribution >= 4 is 17.7 Å². The highest BCUT2D eigenvalue weighted by atomic mass is 16.4. The first kappa shape index (κ1) is 16.2. The summed E-state index contributed by atoms with van der Waals surface area (Å²) in [6.45, 7) is 3.95. The zero-order chi connectivity index (χ0) is 15.9. The van der Waals surface area contributed by atoms with Crippen molar-refractivity contribution in [1.82, 2.24) is 14.8 Å². The summed E-state index contributed by atoms with van der Waals surface area (Å²) in [4.78, 5) is 32.5. The first-order valence-electron chi connectivity index (χ1n) is 7.40. The Balaban J connectivity index is 1.71. The molecule has 0 bridgehead atoms. The van der Waals surface area contributed by atoms with Crippen molar-refractivity contribution in [2.24, 2.45) is 0 Å². The van der Waals surface area contributed by atoms with Crippen LogP contribution in [0.2, 0.25) is 0 Å². The average Bonchev–Trinajstić information content (AvgIpc) is 2.53. The van der Waals surface area contributed by atoms with Crippen LogP contribution in [0.4, 0.5) is 5.82 Å². The van der Waals surface area contributed by atoms with Gasteiger partial charge >= 0.3 is 5.97 Å². The second kappa shape index (κ2) is 7.74. The van der Waals surface area contributed by atoms with E-state index in [9.17, 15) is 9.59 Å². The second-order valence-electron chi connectivity index (χ2n) is 5.41. The molecule has 0 unspecified atom stereocenters. The van der Waals surface area contributed by atoms with Gasteiger partial charge in [0.1, 0.15) is 12.4 Å². The van der Waals surface area contributed by atoms with E-state index in [1.54, 1.807) is 6.20 Å². The van der Waals surface area contributed by atoms with Gasteiger partial charge in [-0.05, 0) is 12.1 Å². The lowest BCUT2D eigenvalue weighted by Crippen LogP contribution is -2.47. The van der Waals surface area contributed by atoms with Gasteiger partial charge in [0.2, 0.25) is 5.91 Å². The van der Waals surface area contributed by atoms with Gasteiger partial charge in [0.25, 0.3) is 0 Å². The van der Waals surface area contributed by atoms with Crippen molar-refractivity contribution in [1.29, 1.82) is 0 Å². The summed E-state index contributed by atoms with van der Waals surface area (Å²) >= 11 is 0. The van der Waals surface area contributed by atoms with Crippen molar-refractivity contribution in [3.63, 3.8) is 0 Å². The van der Waals surface area contributed by atoms with E-state index in [0.717, 1.165) is 32.0 Å². The number of carbonyl (C=O) groups excluding carboxylic acids is 1. The number of nitrogens with zero attached hydrogens (tertiary/aromatic N) is 4. The quantitative estimate of drug-likeness (QED) is 0.805. The highest BCUT2D eigenvalue weighted by molar-refractivity contribution is 5.81. The molecule has 0 aromatic carbocycles. The topological polar surface area (TPSA) is 77.0 Å². The van der Waals surface area contributed by atoms with Crippen LogP contribution in [-0.2, 0) is 9.59 Å². The molecule has 7 nitrogen and oxygen atoms in total. The molecule has 1 aliphatic heterocycles. The summed E-state index contributed by atoms with van der Waals surface area (Å²) in [5.74, 6) is -0.131. The van der Waals surface area contributed by atoms with Gasteiger partial charge in [0, 0.05) is 52.4 Å². The maximum atomic E-state index is 11.8. The highest BCUT2D eigenvalue weighted by Gasteiger charge is 2.19. The third kappa shape index (κ3) is 4.70. The van der Waals surface area contributed by atoms with Crippen LogP contribution in [0.3, 0.4) is 0 Å². The van der Waals surface area contributed by atoms with Crippen LogP contribution in [-0.4, -0.2) is 78.1 Å². The molecule has 1 fully saturated rings. The van der Waals surface area contributed by atoms with E-state index < -0.39 is 5.97 Å². The highest BCUT2D eigenvalue weighted by Crippen LogP contribution is 2.12. The molecule has 0 radical (unpaired) electrons. The van der Waals surface area contributed by atoms with Crippen LogP contribution >= 0.6 is 0 Å². The summed E-state index contributed by atoms with van der Waals surface area (Å²) in [7, 11) is 1.52. The van der Waals surface area contributed by atoms with E-state index in [0.29, 0.717) is 13.0 Å². The molecule has 0 atom stereocenters. The number of pyridine rings is 1. The summed E-state index contributed by atoms with van der Waals surface area (Å²) in [6, 6.07) is 5.88. The van der Waals surface area contributed by atoms with Crippen LogP contribution in [0.25, 0.3) is 0 Å². The molecule has 0 spiro atoms. The van der Waals surface area contributed by atoms with Crippen LogP contribution < -0.4 is 4.90 Å². The second-order valence-corrected chi connectivity index (χ2v) is 5.41. The summed E-state index contributed by atoms with van der Waals surface area (Å²) < 4.78 is 0. The lowest BCUT2D eigenvalue weighted by molar-refractivity contribution is -0.143. The zero-order valence-electron chi connectivity index (χ0n) is 12.8. The standard InChI is InChI=1S/C15H22N4O3/c1-17(12-15(21)22)14(20)5-7-18-8-10-19(11-9-18)13-4-2-3-6-16-13/h2-4,6H,5,7-12H2,1H3,(H,21,22). The van der Waals surface area contributed by atoms with Crippen LogP contribution in [0, 0.1) is 0 Å². The maximum absolute atomic E-state index is 11.8. The van der Waals surface area contributed by atoms with Gasteiger partial charge in [-0.15, -0.1) is 0 Å². The number of carboxylic acid groups (broad SMARTS) is 1. The number of aliphatic carboxylic acids is 1. The van der Waals surface area contributed by atoms with Gasteiger partial charge in [0.05, 0.1) is 0 Å². The van der Waals surface area contributed by atoms with Crippen molar-refractivity contribution < 1.29 is 14.7 Å². The molecule has 2 heterocycles. The number of rotatable bonds is 6. The molecule has 2 rings (SSSR count). The third-order valence-electron chi connectivity index (χ3n) is 3.79. The number of hydrogen-bond acceptors (Lipinski definition) is 5. The summed E-state index contributed by atoms with van der Waals surface area (Å²) in [5.41, 5.74) is 0. The van der Waals surface area contributed by atoms with Crippen LogP contribution in [0.15, 0.2) is 24.4 Å². The Bertz CT molecular complexity index is 501. The fourth-order valence-corrected chi connectivity index (χ4v) is 2.48. The molecule has 1 amide bonds. The monoisotopic (exact) mass is 306 g/mol. The third-order valence-corrected chi connectivity index (χ3v) is 3.79. The smallest absolute Gasteiger partial charge is 0.323 e. The predicted molar refractivity (Wildman–Crippen MR) is 82.8 cm³/mol. The molecule has 1 aromatic heterocycles. The number of amides is 1. The molecule has 1 aromatic rings. The molecule has 1 aliphatic rings.